The van der Waals surface area contributed by atoms with E-state index in [1.165, 1.54) is 44.1 Å². The zero-order chi connectivity index (χ0) is 14.7. The van der Waals surface area contributed by atoms with E-state index in [-0.39, 0.29) is 0 Å². The molecule has 2 aliphatic carbocycles. The fraction of sp³-hybridized carbons (Fsp3) is 0.684. The Hall–Kier alpha value is -0.530. The molecule has 2 aliphatic rings. The maximum absolute atomic E-state index is 6.00. The molecule has 2 bridgehead atoms. The molecule has 0 spiro atoms. The second kappa shape index (κ2) is 7.15. The van der Waals surface area contributed by atoms with Crippen molar-refractivity contribution >= 4 is 11.6 Å². The molecule has 0 radical (unpaired) electrons. The summed E-state index contributed by atoms with van der Waals surface area (Å²) in [6.45, 7) is 4.44. The van der Waals surface area contributed by atoms with Crippen LogP contribution in [0.3, 0.4) is 0 Å². The molecule has 0 aliphatic heterocycles. The fourth-order valence-electron chi connectivity index (χ4n) is 4.63. The number of benzene rings is 1. The molecule has 21 heavy (non-hydrogen) atoms. The maximum atomic E-state index is 6.00. The number of nitrogens with one attached hydrogen (secondary N) is 1. The van der Waals surface area contributed by atoms with Gasteiger partial charge >= 0.3 is 0 Å². The highest BCUT2D eigenvalue weighted by Crippen LogP contribution is 2.50. The third-order valence-electron chi connectivity index (χ3n) is 5.64. The first-order valence-electron chi connectivity index (χ1n) is 8.69. The Kier molecular flexibility index (Phi) is 5.24. The van der Waals surface area contributed by atoms with Gasteiger partial charge in [0.15, 0.2) is 0 Å². The molecule has 1 aromatic rings. The molecule has 0 aromatic heterocycles. The summed E-state index contributed by atoms with van der Waals surface area (Å²) in [5.41, 5.74) is 1.44. The van der Waals surface area contributed by atoms with Gasteiger partial charge in [0.05, 0.1) is 0 Å². The van der Waals surface area contributed by atoms with Gasteiger partial charge in [-0.2, -0.15) is 0 Å². The Morgan fingerprint density at radius 3 is 2.62 bits per heavy atom. The normalized spacial score (nSPS) is 29.0. The molecule has 0 amide bonds. The molecule has 2 fully saturated rings. The largest absolute Gasteiger partial charge is 0.317 e. The van der Waals surface area contributed by atoms with Crippen molar-refractivity contribution in [2.75, 3.05) is 13.1 Å². The van der Waals surface area contributed by atoms with E-state index in [9.17, 15) is 0 Å². The van der Waals surface area contributed by atoms with E-state index in [0.29, 0.717) is 0 Å². The molecule has 2 saturated carbocycles. The number of halogens is 1. The average molecular weight is 306 g/mol. The summed E-state index contributed by atoms with van der Waals surface area (Å²) in [6.07, 6.45) is 8.66. The smallest absolute Gasteiger partial charge is 0.0406 e. The van der Waals surface area contributed by atoms with Crippen molar-refractivity contribution in [3.63, 3.8) is 0 Å². The Morgan fingerprint density at radius 1 is 1.19 bits per heavy atom. The van der Waals surface area contributed by atoms with Gasteiger partial charge in [-0.3, -0.25) is 0 Å². The molecule has 1 aromatic carbocycles. The van der Waals surface area contributed by atoms with Crippen molar-refractivity contribution in [1.82, 2.24) is 5.32 Å². The third-order valence-corrected chi connectivity index (χ3v) is 5.89. The lowest BCUT2D eigenvalue weighted by atomic mass is 9.80. The minimum Gasteiger partial charge on any atom is -0.317 e. The number of hydrogen-bond acceptors (Lipinski definition) is 1. The summed E-state index contributed by atoms with van der Waals surface area (Å²) in [5, 5.41) is 4.41. The molecular formula is C19H28ClN. The number of fused-ring (bicyclic) bond motifs is 2. The first kappa shape index (κ1) is 15.4. The van der Waals surface area contributed by atoms with Crippen LogP contribution in [0, 0.1) is 23.7 Å². The van der Waals surface area contributed by atoms with Crippen molar-refractivity contribution in [2.45, 2.75) is 45.4 Å². The summed E-state index contributed by atoms with van der Waals surface area (Å²) in [7, 11) is 0. The summed E-state index contributed by atoms with van der Waals surface area (Å²) >= 11 is 6.00. The third kappa shape index (κ3) is 4.02. The van der Waals surface area contributed by atoms with Crippen LogP contribution in [0.2, 0.25) is 5.02 Å². The molecule has 0 saturated heterocycles. The molecule has 1 nitrogen and oxygen atoms in total. The Balaban J connectivity index is 1.59. The lowest BCUT2D eigenvalue weighted by Gasteiger charge is -2.27. The van der Waals surface area contributed by atoms with Crippen LogP contribution in [-0.4, -0.2) is 13.1 Å². The van der Waals surface area contributed by atoms with E-state index in [4.69, 9.17) is 11.6 Å². The zero-order valence-corrected chi connectivity index (χ0v) is 13.9. The van der Waals surface area contributed by atoms with E-state index < -0.39 is 0 Å². The predicted octanol–water partition coefficient (Wildman–Crippen LogP) is 4.93. The van der Waals surface area contributed by atoms with Crippen molar-refractivity contribution in [3.05, 3.63) is 34.9 Å². The highest BCUT2D eigenvalue weighted by atomic mass is 35.5. The quantitative estimate of drug-likeness (QED) is 0.753. The molecule has 1 N–H and O–H groups in total. The Labute approximate surface area is 134 Å². The topological polar surface area (TPSA) is 12.0 Å². The number of hydrogen-bond donors (Lipinski definition) is 1. The second-order valence-electron chi connectivity index (χ2n) is 7.17. The van der Waals surface area contributed by atoms with E-state index in [0.717, 1.165) is 41.8 Å². The van der Waals surface area contributed by atoms with Crippen molar-refractivity contribution in [1.29, 1.82) is 0 Å². The lowest BCUT2D eigenvalue weighted by molar-refractivity contribution is 0.262. The van der Waals surface area contributed by atoms with Crippen LogP contribution in [0.25, 0.3) is 0 Å². The van der Waals surface area contributed by atoms with E-state index in [1.54, 1.807) is 0 Å². The molecule has 116 valence electrons. The van der Waals surface area contributed by atoms with Crippen molar-refractivity contribution in [3.8, 4) is 0 Å². The van der Waals surface area contributed by atoms with Crippen LogP contribution in [0.15, 0.2) is 24.3 Å². The first-order valence-corrected chi connectivity index (χ1v) is 9.07. The summed E-state index contributed by atoms with van der Waals surface area (Å²) in [5.74, 6) is 3.88. The zero-order valence-electron chi connectivity index (χ0n) is 13.2. The van der Waals surface area contributed by atoms with Crippen molar-refractivity contribution < 1.29 is 0 Å². The number of rotatable bonds is 7. The predicted molar refractivity (Wildman–Crippen MR) is 90.7 cm³/mol. The van der Waals surface area contributed by atoms with Crippen LogP contribution in [0.1, 0.15) is 44.6 Å². The van der Waals surface area contributed by atoms with Gasteiger partial charge in [0.2, 0.25) is 0 Å². The minimum absolute atomic E-state index is 0.774. The first-order chi connectivity index (χ1) is 10.2. The SMILES string of the molecule is CCNCC(Cc1ccc(Cl)cc1)CC1CC2CCC1C2. The van der Waals surface area contributed by atoms with Crippen LogP contribution >= 0.6 is 11.6 Å². The van der Waals surface area contributed by atoms with Gasteiger partial charge in [0.1, 0.15) is 0 Å². The van der Waals surface area contributed by atoms with Gasteiger partial charge in [0, 0.05) is 5.02 Å². The summed E-state index contributed by atoms with van der Waals surface area (Å²) in [6, 6.07) is 8.45. The summed E-state index contributed by atoms with van der Waals surface area (Å²) in [4.78, 5) is 0. The van der Waals surface area contributed by atoms with Gasteiger partial charge in [-0.1, -0.05) is 37.1 Å². The lowest BCUT2D eigenvalue weighted by Crippen LogP contribution is -2.27. The highest BCUT2D eigenvalue weighted by Gasteiger charge is 2.39. The van der Waals surface area contributed by atoms with E-state index >= 15 is 0 Å². The monoisotopic (exact) mass is 305 g/mol. The minimum atomic E-state index is 0.774. The average Bonchev–Trinajstić information content (AvgIpc) is 3.09. The summed E-state index contributed by atoms with van der Waals surface area (Å²) < 4.78 is 0. The van der Waals surface area contributed by atoms with Crippen LogP contribution in [0.4, 0.5) is 0 Å². The van der Waals surface area contributed by atoms with Gasteiger partial charge in [-0.05, 0) is 86.6 Å². The molecule has 4 atom stereocenters. The maximum Gasteiger partial charge on any atom is 0.0406 e. The Bertz CT molecular complexity index is 441. The molecule has 0 heterocycles. The molecule has 4 unspecified atom stereocenters. The van der Waals surface area contributed by atoms with Crippen LogP contribution in [0.5, 0.6) is 0 Å². The fourth-order valence-corrected chi connectivity index (χ4v) is 4.76. The molecule has 2 heteroatoms. The van der Waals surface area contributed by atoms with Gasteiger partial charge in [0.25, 0.3) is 0 Å². The van der Waals surface area contributed by atoms with Crippen LogP contribution < -0.4 is 5.32 Å². The van der Waals surface area contributed by atoms with Crippen molar-refractivity contribution in [2.24, 2.45) is 23.7 Å². The standard InChI is InChI=1S/C19H28ClN/c1-2-21-13-16(9-14-4-7-19(20)8-5-14)12-18-11-15-3-6-17(18)10-15/h4-5,7-8,15-18,21H,2-3,6,9-13H2,1H3. The van der Waals surface area contributed by atoms with Gasteiger partial charge in [-0.25, -0.2) is 0 Å². The van der Waals surface area contributed by atoms with Gasteiger partial charge < -0.3 is 5.32 Å². The second-order valence-corrected chi connectivity index (χ2v) is 7.61. The highest BCUT2D eigenvalue weighted by molar-refractivity contribution is 6.30. The van der Waals surface area contributed by atoms with Gasteiger partial charge in [-0.15, -0.1) is 0 Å². The molecule has 3 rings (SSSR count). The Morgan fingerprint density at radius 2 is 2.00 bits per heavy atom. The molecular weight excluding hydrogens is 278 g/mol. The van der Waals surface area contributed by atoms with Crippen LogP contribution in [-0.2, 0) is 6.42 Å². The van der Waals surface area contributed by atoms with E-state index in [1.807, 2.05) is 12.1 Å². The van der Waals surface area contributed by atoms with E-state index in [2.05, 4.69) is 24.4 Å².